The lowest BCUT2D eigenvalue weighted by molar-refractivity contribution is -0.176. The molecule has 5 nitrogen and oxygen atoms in total. The first-order valence-electron chi connectivity index (χ1n) is 5.88. The summed E-state index contributed by atoms with van der Waals surface area (Å²) in [5.74, 6) is -0.138. The van der Waals surface area contributed by atoms with Crippen molar-refractivity contribution in [1.29, 1.82) is 0 Å². The smallest absolute Gasteiger partial charge is 0.253 e. The van der Waals surface area contributed by atoms with Gasteiger partial charge in [0.25, 0.3) is 5.91 Å². The van der Waals surface area contributed by atoms with E-state index < -0.39 is 0 Å². The van der Waals surface area contributed by atoms with Crippen molar-refractivity contribution in [3.05, 3.63) is 29.8 Å². The summed E-state index contributed by atoms with van der Waals surface area (Å²) in [5, 5.41) is 1.26. The van der Waals surface area contributed by atoms with Gasteiger partial charge in [0, 0.05) is 18.7 Å². The van der Waals surface area contributed by atoms with Crippen LogP contribution in [0.1, 0.15) is 11.5 Å². The quantitative estimate of drug-likeness (QED) is 0.640. The van der Waals surface area contributed by atoms with Gasteiger partial charge in [-0.05, 0) is 17.7 Å². The fourth-order valence-electron chi connectivity index (χ4n) is 2.10. The van der Waals surface area contributed by atoms with Gasteiger partial charge in [-0.15, -0.1) is 0 Å². The Morgan fingerprint density at radius 3 is 2.78 bits per heavy atom. The molecule has 5 heteroatoms. The zero-order valence-electron chi connectivity index (χ0n) is 10.6. The minimum atomic E-state index is -0.257. The second-order valence-corrected chi connectivity index (χ2v) is 4.46. The van der Waals surface area contributed by atoms with E-state index in [1.807, 2.05) is 24.3 Å². The summed E-state index contributed by atoms with van der Waals surface area (Å²) in [6, 6.07) is 7.42. The number of amides is 1. The summed E-state index contributed by atoms with van der Waals surface area (Å²) in [4.78, 5) is 17.3. The maximum absolute atomic E-state index is 12.3. The van der Waals surface area contributed by atoms with Crippen LogP contribution in [0.4, 0.5) is 5.69 Å². The molecule has 1 aliphatic heterocycles. The molecule has 1 fully saturated rings. The number of hydroxylamine groups is 2. The molecule has 0 saturated carbocycles. The first-order chi connectivity index (χ1) is 8.63. The molecule has 0 spiro atoms. The molecule has 1 unspecified atom stereocenters. The van der Waals surface area contributed by atoms with E-state index in [0.717, 1.165) is 5.56 Å². The number of benzene rings is 1. The number of nitrogens with zero attached hydrogens (tertiary/aromatic N) is 1. The van der Waals surface area contributed by atoms with Crippen molar-refractivity contribution in [3.63, 3.8) is 0 Å². The summed E-state index contributed by atoms with van der Waals surface area (Å²) in [6.07, 6.45) is 0. The number of hydrogen-bond acceptors (Lipinski definition) is 4. The Labute approximate surface area is 106 Å². The van der Waals surface area contributed by atoms with E-state index in [0.29, 0.717) is 18.9 Å². The van der Waals surface area contributed by atoms with E-state index in [-0.39, 0.29) is 17.7 Å². The van der Waals surface area contributed by atoms with Gasteiger partial charge >= 0.3 is 0 Å². The molecule has 0 aromatic heterocycles. The van der Waals surface area contributed by atoms with Crippen molar-refractivity contribution in [2.24, 2.45) is 5.92 Å². The third-order valence-corrected chi connectivity index (χ3v) is 3.26. The number of likely N-dealkylation sites (N-methyl/N-ethyl adjacent to an activating group) is 1. The third-order valence-electron chi connectivity index (χ3n) is 3.26. The summed E-state index contributed by atoms with van der Waals surface area (Å²) >= 11 is 0. The van der Waals surface area contributed by atoms with Crippen LogP contribution in [0.2, 0.25) is 0 Å². The van der Waals surface area contributed by atoms with Crippen LogP contribution >= 0.6 is 0 Å². The van der Waals surface area contributed by atoms with Crippen molar-refractivity contribution < 1.29 is 14.4 Å². The van der Waals surface area contributed by atoms with Gasteiger partial charge in [0.15, 0.2) is 0 Å². The first kappa shape index (κ1) is 12.9. The van der Waals surface area contributed by atoms with Crippen molar-refractivity contribution in [3.8, 4) is 0 Å². The number of carbonyl (C=O) groups is 1. The molecule has 1 aromatic rings. The van der Waals surface area contributed by atoms with Crippen LogP contribution in [-0.4, -0.2) is 38.3 Å². The molecule has 0 aliphatic carbocycles. The van der Waals surface area contributed by atoms with Gasteiger partial charge in [-0.1, -0.05) is 12.1 Å². The third kappa shape index (κ3) is 2.47. The molecule has 2 N–H and O–H groups in total. The van der Waals surface area contributed by atoms with Gasteiger partial charge in [0.05, 0.1) is 26.2 Å². The molecule has 1 saturated heterocycles. The molecule has 1 heterocycles. The molecule has 1 amide bonds. The SMILES string of the molecule is CON(C)C(=O)C(c1cccc(N)c1)C1COC1. The van der Waals surface area contributed by atoms with E-state index in [4.69, 9.17) is 15.3 Å². The highest BCUT2D eigenvalue weighted by Crippen LogP contribution is 2.32. The maximum Gasteiger partial charge on any atom is 0.253 e. The molecule has 18 heavy (non-hydrogen) atoms. The Bertz CT molecular complexity index is 432. The minimum Gasteiger partial charge on any atom is -0.399 e. The highest BCUT2D eigenvalue weighted by Gasteiger charge is 2.36. The van der Waals surface area contributed by atoms with Gasteiger partial charge in [0.2, 0.25) is 0 Å². The lowest BCUT2D eigenvalue weighted by Crippen LogP contribution is -2.42. The molecular weight excluding hydrogens is 232 g/mol. The van der Waals surface area contributed by atoms with E-state index >= 15 is 0 Å². The summed E-state index contributed by atoms with van der Waals surface area (Å²) in [5.41, 5.74) is 7.35. The fourth-order valence-corrected chi connectivity index (χ4v) is 2.10. The molecule has 1 atom stereocenters. The number of carbonyl (C=O) groups excluding carboxylic acids is 1. The molecule has 1 aromatic carbocycles. The Balaban J connectivity index is 2.27. The highest BCUT2D eigenvalue weighted by atomic mass is 16.7. The van der Waals surface area contributed by atoms with Crippen LogP contribution in [0.15, 0.2) is 24.3 Å². The van der Waals surface area contributed by atoms with Crippen LogP contribution in [0.25, 0.3) is 0 Å². The molecule has 0 bridgehead atoms. The molecule has 2 rings (SSSR count). The molecule has 98 valence electrons. The topological polar surface area (TPSA) is 64.8 Å². The number of ether oxygens (including phenoxy) is 1. The zero-order chi connectivity index (χ0) is 13.1. The summed E-state index contributed by atoms with van der Waals surface area (Å²) < 4.78 is 5.19. The highest BCUT2D eigenvalue weighted by molar-refractivity contribution is 5.83. The van der Waals surface area contributed by atoms with Crippen LogP contribution < -0.4 is 5.73 Å². The maximum atomic E-state index is 12.3. The Morgan fingerprint density at radius 1 is 1.56 bits per heavy atom. The number of anilines is 1. The minimum absolute atomic E-state index is 0.0728. The van der Waals surface area contributed by atoms with Crippen molar-refractivity contribution in [2.45, 2.75) is 5.92 Å². The van der Waals surface area contributed by atoms with Crippen LogP contribution in [-0.2, 0) is 14.4 Å². The van der Waals surface area contributed by atoms with Gasteiger partial charge in [-0.2, -0.15) is 0 Å². The average molecular weight is 250 g/mol. The normalized spacial score (nSPS) is 17.0. The van der Waals surface area contributed by atoms with Crippen LogP contribution in [0.3, 0.4) is 0 Å². The Kier molecular flexibility index (Phi) is 3.84. The number of rotatable bonds is 4. The molecular formula is C13H18N2O3. The van der Waals surface area contributed by atoms with Crippen LogP contribution in [0.5, 0.6) is 0 Å². The predicted molar refractivity (Wildman–Crippen MR) is 67.7 cm³/mol. The Hall–Kier alpha value is -1.59. The second kappa shape index (κ2) is 5.37. The first-order valence-corrected chi connectivity index (χ1v) is 5.88. The lowest BCUT2D eigenvalue weighted by atomic mass is 9.84. The van der Waals surface area contributed by atoms with Gasteiger partial charge < -0.3 is 10.5 Å². The standard InChI is InChI=1S/C13H18N2O3/c1-15(17-2)13(16)12(10-7-18-8-10)9-4-3-5-11(14)6-9/h3-6,10,12H,7-8,14H2,1-2H3. The molecule has 0 radical (unpaired) electrons. The van der Waals surface area contributed by atoms with E-state index in [2.05, 4.69) is 0 Å². The molecule has 1 aliphatic rings. The van der Waals surface area contributed by atoms with Crippen molar-refractivity contribution >= 4 is 11.6 Å². The van der Waals surface area contributed by atoms with E-state index in [1.165, 1.54) is 12.2 Å². The number of hydrogen-bond donors (Lipinski definition) is 1. The van der Waals surface area contributed by atoms with Gasteiger partial charge in [-0.3, -0.25) is 9.63 Å². The van der Waals surface area contributed by atoms with Crippen molar-refractivity contribution in [2.75, 3.05) is 33.1 Å². The van der Waals surface area contributed by atoms with E-state index in [9.17, 15) is 4.79 Å². The summed E-state index contributed by atoms with van der Waals surface area (Å²) in [6.45, 7) is 1.20. The monoisotopic (exact) mass is 250 g/mol. The van der Waals surface area contributed by atoms with Crippen molar-refractivity contribution in [1.82, 2.24) is 5.06 Å². The zero-order valence-corrected chi connectivity index (χ0v) is 10.6. The average Bonchev–Trinajstić information content (AvgIpc) is 2.31. The largest absolute Gasteiger partial charge is 0.399 e. The number of nitrogens with two attached hydrogens (primary N) is 1. The van der Waals surface area contributed by atoms with Crippen LogP contribution in [0, 0.1) is 5.92 Å². The van der Waals surface area contributed by atoms with E-state index in [1.54, 1.807) is 7.05 Å². The number of nitrogen functional groups attached to an aromatic ring is 1. The lowest BCUT2D eigenvalue weighted by Gasteiger charge is -2.34. The second-order valence-electron chi connectivity index (χ2n) is 4.46. The Morgan fingerprint density at radius 2 is 2.28 bits per heavy atom. The predicted octanol–water partition coefficient (Wildman–Crippen LogP) is 1.02. The van der Waals surface area contributed by atoms with Gasteiger partial charge in [0.1, 0.15) is 0 Å². The fraction of sp³-hybridized carbons (Fsp3) is 0.462. The summed E-state index contributed by atoms with van der Waals surface area (Å²) in [7, 11) is 3.09. The van der Waals surface area contributed by atoms with Gasteiger partial charge in [-0.25, -0.2) is 5.06 Å².